The highest BCUT2D eigenvalue weighted by molar-refractivity contribution is 5.88. The Morgan fingerprint density at radius 2 is 1.53 bits per heavy atom. The fourth-order valence-electron chi connectivity index (χ4n) is 2.21. The number of anilines is 1. The van der Waals surface area contributed by atoms with Gasteiger partial charge in [0.25, 0.3) is 0 Å². The molecule has 1 heterocycles. The Morgan fingerprint density at radius 3 is 2.21 bits per heavy atom. The fourth-order valence-corrected chi connectivity index (χ4v) is 2.21. The van der Waals surface area contributed by atoms with E-state index < -0.39 is 0 Å². The number of aliphatic hydroxyl groups is 1. The Balaban J connectivity index is 2.09. The van der Waals surface area contributed by atoms with Crippen LogP contribution in [-0.4, -0.2) is 17.9 Å². The largest absolute Gasteiger partial charge is 0.492 e. The average Bonchev–Trinajstić information content (AvgIpc) is 2.49. The van der Waals surface area contributed by atoms with Crippen molar-refractivity contribution in [2.24, 2.45) is 4.99 Å². The van der Waals surface area contributed by atoms with Gasteiger partial charge in [0.2, 0.25) is 5.88 Å². The van der Waals surface area contributed by atoms with Crippen LogP contribution in [0.3, 0.4) is 0 Å². The van der Waals surface area contributed by atoms with Gasteiger partial charge >= 0.3 is 0 Å². The van der Waals surface area contributed by atoms with Crippen molar-refractivity contribution in [2.45, 2.75) is 0 Å². The summed E-state index contributed by atoms with van der Waals surface area (Å²) in [5.41, 5.74) is 2.74. The van der Waals surface area contributed by atoms with Crippen molar-refractivity contribution in [3.63, 3.8) is 0 Å². The lowest BCUT2D eigenvalue weighted by molar-refractivity contribution is 0.407. The first-order chi connectivity index (χ1) is 9.36. The topological polar surface area (TPSA) is 35.8 Å². The molecule has 0 aromatic heterocycles. The molecule has 0 unspecified atom stereocenters. The minimum absolute atomic E-state index is 0.0568. The van der Waals surface area contributed by atoms with Gasteiger partial charge in [0.1, 0.15) is 5.70 Å². The zero-order valence-electron chi connectivity index (χ0n) is 10.4. The molecule has 1 aliphatic rings. The molecular weight excluding hydrogens is 236 g/mol. The summed E-state index contributed by atoms with van der Waals surface area (Å²) in [5.74, 6) is 0.0568. The van der Waals surface area contributed by atoms with E-state index >= 15 is 0 Å². The number of aliphatic hydroxyl groups excluding tert-OH is 1. The molecule has 19 heavy (non-hydrogen) atoms. The summed E-state index contributed by atoms with van der Waals surface area (Å²) in [5, 5.41) is 10.1. The van der Waals surface area contributed by atoms with Crippen molar-refractivity contribution < 1.29 is 5.11 Å². The Bertz CT molecular complexity index is 618. The monoisotopic (exact) mass is 250 g/mol. The lowest BCUT2D eigenvalue weighted by Gasteiger charge is -2.28. The predicted octanol–water partition coefficient (Wildman–Crippen LogP) is 3.46. The van der Waals surface area contributed by atoms with Crippen LogP contribution in [-0.2, 0) is 0 Å². The van der Waals surface area contributed by atoms with Crippen LogP contribution in [0.4, 0.5) is 5.69 Å². The number of nitrogens with zero attached hydrogens (tertiary/aromatic N) is 2. The first kappa shape index (κ1) is 11.5. The van der Waals surface area contributed by atoms with Crippen LogP contribution in [0.15, 0.2) is 71.5 Å². The summed E-state index contributed by atoms with van der Waals surface area (Å²) in [4.78, 5) is 6.09. The third-order valence-electron chi connectivity index (χ3n) is 3.07. The highest BCUT2D eigenvalue weighted by Gasteiger charge is 2.20. The van der Waals surface area contributed by atoms with Gasteiger partial charge in [-0.15, -0.1) is 0 Å². The lowest BCUT2D eigenvalue weighted by atomic mass is 10.1. The van der Waals surface area contributed by atoms with E-state index in [0.717, 1.165) is 16.9 Å². The Morgan fingerprint density at radius 1 is 0.895 bits per heavy atom. The zero-order valence-corrected chi connectivity index (χ0v) is 10.4. The average molecular weight is 250 g/mol. The van der Waals surface area contributed by atoms with E-state index in [0.29, 0.717) is 6.54 Å². The molecule has 1 aliphatic heterocycles. The number of benzene rings is 2. The molecule has 3 nitrogen and oxygen atoms in total. The van der Waals surface area contributed by atoms with Crippen molar-refractivity contribution in [3.8, 4) is 0 Å². The van der Waals surface area contributed by atoms with E-state index in [9.17, 15) is 5.11 Å². The predicted molar refractivity (Wildman–Crippen MR) is 78.3 cm³/mol. The first-order valence-corrected chi connectivity index (χ1v) is 6.20. The van der Waals surface area contributed by atoms with Crippen molar-refractivity contribution in [1.82, 2.24) is 0 Å². The Labute approximate surface area is 112 Å². The lowest BCUT2D eigenvalue weighted by Crippen LogP contribution is -2.27. The molecule has 0 bridgehead atoms. The number of aliphatic imine (C=N–C) groups is 1. The summed E-state index contributed by atoms with van der Waals surface area (Å²) in [6.45, 7) is 0.651. The normalized spacial score (nSPS) is 14.8. The van der Waals surface area contributed by atoms with Crippen LogP contribution in [0.25, 0.3) is 5.70 Å². The summed E-state index contributed by atoms with van der Waals surface area (Å²) >= 11 is 0. The van der Waals surface area contributed by atoms with Gasteiger partial charge in [-0.1, -0.05) is 48.5 Å². The van der Waals surface area contributed by atoms with Crippen molar-refractivity contribution >= 4 is 17.6 Å². The van der Waals surface area contributed by atoms with Crippen LogP contribution in [0.2, 0.25) is 0 Å². The molecule has 0 aliphatic carbocycles. The summed E-state index contributed by atoms with van der Waals surface area (Å²) in [6.07, 6.45) is 1.72. The van der Waals surface area contributed by atoms with Crippen LogP contribution < -0.4 is 4.90 Å². The molecule has 0 atom stereocenters. The van der Waals surface area contributed by atoms with Gasteiger partial charge in [0, 0.05) is 17.5 Å². The van der Waals surface area contributed by atoms with Gasteiger partial charge in [-0.3, -0.25) is 0 Å². The molecule has 94 valence electrons. The van der Waals surface area contributed by atoms with Crippen LogP contribution in [0.5, 0.6) is 0 Å². The molecule has 3 heteroatoms. The van der Waals surface area contributed by atoms with E-state index in [1.165, 1.54) is 0 Å². The van der Waals surface area contributed by atoms with E-state index in [2.05, 4.69) is 9.89 Å². The van der Waals surface area contributed by atoms with Gasteiger partial charge in [-0.05, 0) is 12.1 Å². The summed E-state index contributed by atoms with van der Waals surface area (Å²) in [7, 11) is 0. The molecule has 3 rings (SSSR count). The van der Waals surface area contributed by atoms with E-state index in [1.54, 1.807) is 6.21 Å². The highest BCUT2D eigenvalue weighted by Crippen LogP contribution is 2.29. The van der Waals surface area contributed by atoms with Crippen LogP contribution in [0.1, 0.15) is 5.56 Å². The second-order valence-corrected chi connectivity index (χ2v) is 4.30. The summed E-state index contributed by atoms with van der Waals surface area (Å²) in [6, 6.07) is 19.8. The minimum atomic E-state index is 0.0568. The van der Waals surface area contributed by atoms with Crippen molar-refractivity contribution in [1.29, 1.82) is 0 Å². The number of hydrogen-bond acceptors (Lipinski definition) is 3. The number of para-hydroxylation sites is 1. The van der Waals surface area contributed by atoms with E-state index in [4.69, 9.17) is 0 Å². The number of hydrogen-bond donors (Lipinski definition) is 1. The molecule has 2 aromatic rings. The molecule has 1 N–H and O–H groups in total. The minimum Gasteiger partial charge on any atom is -0.492 e. The zero-order chi connectivity index (χ0) is 13.1. The maximum Gasteiger partial charge on any atom is 0.235 e. The second-order valence-electron chi connectivity index (χ2n) is 4.30. The standard InChI is InChI=1S/C16H14N2O/c19-16-15(13-7-3-1-4-8-13)18(12-11-17-16)14-9-5-2-6-10-14/h1-11,19H,12H2. The molecule has 0 saturated heterocycles. The smallest absolute Gasteiger partial charge is 0.235 e. The van der Waals surface area contributed by atoms with Crippen molar-refractivity contribution in [2.75, 3.05) is 11.4 Å². The van der Waals surface area contributed by atoms with Crippen LogP contribution >= 0.6 is 0 Å². The molecule has 0 spiro atoms. The summed E-state index contributed by atoms with van der Waals surface area (Å²) < 4.78 is 0. The Kier molecular flexibility index (Phi) is 3.02. The molecule has 0 amide bonds. The maximum absolute atomic E-state index is 10.1. The van der Waals surface area contributed by atoms with Gasteiger partial charge in [0.15, 0.2) is 0 Å². The highest BCUT2D eigenvalue weighted by atomic mass is 16.3. The first-order valence-electron chi connectivity index (χ1n) is 6.20. The third-order valence-corrected chi connectivity index (χ3v) is 3.07. The molecule has 2 aromatic carbocycles. The fraction of sp³-hybridized carbons (Fsp3) is 0.0625. The quantitative estimate of drug-likeness (QED) is 0.886. The van der Waals surface area contributed by atoms with E-state index in [-0.39, 0.29) is 5.88 Å². The Hall–Kier alpha value is -2.55. The van der Waals surface area contributed by atoms with E-state index in [1.807, 2.05) is 60.7 Å². The molecular formula is C16H14N2O. The maximum atomic E-state index is 10.1. The third kappa shape index (κ3) is 2.22. The van der Waals surface area contributed by atoms with Crippen LogP contribution in [0, 0.1) is 0 Å². The molecule has 0 radical (unpaired) electrons. The van der Waals surface area contributed by atoms with Gasteiger partial charge in [0.05, 0.1) is 6.54 Å². The van der Waals surface area contributed by atoms with Gasteiger partial charge < -0.3 is 10.0 Å². The second kappa shape index (κ2) is 4.98. The SMILES string of the molecule is OC1=C(c2ccccc2)N(c2ccccc2)CC=N1. The number of rotatable bonds is 2. The van der Waals surface area contributed by atoms with Gasteiger partial charge in [-0.2, -0.15) is 0 Å². The van der Waals surface area contributed by atoms with Gasteiger partial charge in [-0.25, -0.2) is 4.99 Å². The molecule has 0 saturated carbocycles. The van der Waals surface area contributed by atoms with Crippen molar-refractivity contribution in [3.05, 3.63) is 72.1 Å². The molecule has 0 fully saturated rings.